The van der Waals surface area contributed by atoms with E-state index in [4.69, 9.17) is 16.6 Å². The monoisotopic (exact) mass is 1030 g/mol. The number of unbranched alkanes of at least 4 members (excludes halogenated alkanes) is 2. The van der Waals surface area contributed by atoms with E-state index in [1.165, 1.54) is 6.92 Å². The zero-order valence-corrected chi connectivity index (χ0v) is 41.6. The highest BCUT2D eigenvalue weighted by Crippen LogP contribution is 2.15. The minimum atomic E-state index is -1.04. The molecule has 27 heteroatoms. The molecule has 0 saturated heterocycles. The molecule has 11 amide bonds. The maximum Gasteiger partial charge on any atom is 0.305 e. The van der Waals surface area contributed by atoms with Crippen molar-refractivity contribution in [3.8, 4) is 0 Å². The number of ketones is 1. The quantitative estimate of drug-likeness (QED) is 0.0256. The normalized spacial score (nSPS) is 11.3. The number of amides is 11. The lowest BCUT2D eigenvalue weighted by molar-refractivity contribution is -0.137. The molecule has 0 aliphatic rings. The van der Waals surface area contributed by atoms with Crippen LogP contribution < -0.4 is 70.0 Å². The molecule has 0 radical (unpaired) electrons. The van der Waals surface area contributed by atoms with Gasteiger partial charge in [0.1, 0.15) is 11.8 Å². The second-order valence-electron chi connectivity index (χ2n) is 16.5. The van der Waals surface area contributed by atoms with E-state index >= 15 is 0 Å². The summed E-state index contributed by atoms with van der Waals surface area (Å²) in [5.74, 6) is -6.44. The van der Waals surface area contributed by atoms with Crippen LogP contribution in [-0.2, 0) is 62.3 Å². The summed E-state index contributed by atoms with van der Waals surface area (Å²) in [5, 5.41) is 36.8. The highest BCUT2D eigenvalue weighted by molar-refractivity contribution is 5.89. The van der Waals surface area contributed by atoms with Crippen LogP contribution in [0.4, 0.5) is 0 Å². The van der Waals surface area contributed by atoms with Gasteiger partial charge in [-0.05, 0) is 45.2 Å². The fraction of sp³-hybridized carbons (Fsp3) is 0.711. The summed E-state index contributed by atoms with van der Waals surface area (Å²) in [6.07, 6.45) is 2.58. The first-order valence-corrected chi connectivity index (χ1v) is 24.5. The molecular formula is C45H79N13O14. The fourth-order valence-electron chi connectivity index (χ4n) is 6.36. The molecule has 0 bridgehead atoms. The Morgan fingerprint density at radius 1 is 0.375 bits per heavy atom. The maximum atomic E-state index is 13.0. The van der Waals surface area contributed by atoms with Crippen molar-refractivity contribution < 1.29 is 67.4 Å². The van der Waals surface area contributed by atoms with Crippen LogP contribution in [0.5, 0.6) is 0 Å². The van der Waals surface area contributed by atoms with Crippen molar-refractivity contribution in [2.24, 2.45) is 17.4 Å². The lowest BCUT2D eigenvalue weighted by Crippen LogP contribution is -2.46. The number of carboxylic acid groups (broad SMARTS) is 1. The van der Waals surface area contributed by atoms with Crippen molar-refractivity contribution in [2.45, 2.75) is 122 Å². The maximum absolute atomic E-state index is 13.0. The Morgan fingerprint density at radius 2 is 0.667 bits per heavy atom. The number of Topliss-reactive ketones (excluding diaryl/α,β-unsaturated/α-hetero) is 1. The van der Waals surface area contributed by atoms with Crippen LogP contribution in [0.1, 0.15) is 116 Å². The highest BCUT2D eigenvalue weighted by atomic mass is 16.4. The zero-order chi connectivity index (χ0) is 53.9. The highest BCUT2D eigenvalue weighted by Gasteiger charge is 2.22. The van der Waals surface area contributed by atoms with E-state index in [1.807, 2.05) is 0 Å². The molecule has 0 saturated carbocycles. The van der Waals surface area contributed by atoms with Crippen molar-refractivity contribution in [1.29, 1.82) is 0 Å². The number of carboxylic acids is 1. The van der Waals surface area contributed by atoms with Crippen molar-refractivity contribution in [3.05, 3.63) is 0 Å². The lowest BCUT2D eigenvalue weighted by atomic mass is 9.94. The molecule has 16 N–H and O–H groups in total. The molecule has 0 aliphatic carbocycles. The van der Waals surface area contributed by atoms with Gasteiger partial charge in [-0.2, -0.15) is 0 Å². The zero-order valence-electron chi connectivity index (χ0n) is 41.6. The minimum Gasteiger partial charge on any atom is -0.481 e. The van der Waals surface area contributed by atoms with Gasteiger partial charge in [0, 0.05) is 142 Å². The summed E-state index contributed by atoms with van der Waals surface area (Å²) in [5.41, 5.74) is 11.1. The van der Waals surface area contributed by atoms with E-state index in [2.05, 4.69) is 58.5 Å². The summed E-state index contributed by atoms with van der Waals surface area (Å²) in [4.78, 5) is 157. The van der Waals surface area contributed by atoms with Gasteiger partial charge in [0.25, 0.3) is 0 Å². The van der Waals surface area contributed by atoms with Crippen LogP contribution in [-0.4, -0.2) is 166 Å². The number of nitrogens with two attached hydrogens (primary N) is 2. The molecule has 2 atom stereocenters. The molecule has 408 valence electrons. The van der Waals surface area contributed by atoms with Crippen LogP contribution in [0.3, 0.4) is 0 Å². The fourth-order valence-corrected chi connectivity index (χ4v) is 6.36. The SMILES string of the molecule is CC(=O)NC(CCCCN)C(=O)NCCC(=O)NCCC(=O)NCCC(=O)NCCC(=O)NCCC(=O)CC(CCCCN)C(=O)NCCC(=O)NCCC(=O)NCCC(=O)NCCC(=O)NCCC(=O)O. The first-order valence-electron chi connectivity index (χ1n) is 24.5. The van der Waals surface area contributed by atoms with Crippen LogP contribution in [0.2, 0.25) is 0 Å². The number of hydrogen-bond donors (Lipinski definition) is 14. The Balaban J connectivity index is 4.27. The number of hydrogen-bond acceptors (Lipinski definition) is 15. The van der Waals surface area contributed by atoms with Crippen molar-refractivity contribution in [2.75, 3.05) is 78.5 Å². The van der Waals surface area contributed by atoms with Crippen LogP contribution in [0.15, 0.2) is 0 Å². The van der Waals surface area contributed by atoms with Gasteiger partial charge in [-0.15, -0.1) is 0 Å². The average molecular weight is 1030 g/mol. The molecule has 0 spiro atoms. The number of carbonyl (C=O) groups is 13. The summed E-state index contributed by atoms with van der Waals surface area (Å²) in [7, 11) is 0. The Labute approximate surface area is 419 Å². The third kappa shape index (κ3) is 39.0. The van der Waals surface area contributed by atoms with Gasteiger partial charge < -0.3 is 75.1 Å². The molecule has 0 rings (SSSR count). The van der Waals surface area contributed by atoms with Crippen molar-refractivity contribution in [3.63, 3.8) is 0 Å². The Bertz CT molecular complexity index is 1770. The number of carbonyl (C=O) groups excluding carboxylic acids is 12. The predicted octanol–water partition coefficient (Wildman–Crippen LogP) is -4.53. The van der Waals surface area contributed by atoms with E-state index < -0.39 is 77.0 Å². The smallest absolute Gasteiger partial charge is 0.305 e. The lowest BCUT2D eigenvalue weighted by Gasteiger charge is -2.17. The van der Waals surface area contributed by atoms with Gasteiger partial charge in [-0.1, -0.05) is 6.42 Å². The standard InChI is InChI=1S/C45H79N13O14/c1-31(59)58-34(7-3-5-19-47)45(72)57-28-16-42(68)54-25-13-39(65)51-22-10-36(62)49-21-9-35(61)48-20-8-33(60)30-32(6-2-4-18-46)44(71)56-27-15-41(67)53-24-12-38(64)50-23-11-37(63)52-26-14-40(66)55-29-17-43(69)70/h32,34H,2-30,46-47H2,1H3,(H,48,61)(H,49,62)(H,50,64)(H,51,65)(H,52,63)(H,53,67)(H,54,68)(H,55,66)(H,56,71)(H,57,72)(H,58,59)(H,69,70). The second-order valence-corrected chi connectivity index (χ2v) is 16.5. The number of aliphatic carboxylic acids is 1. The number of nitrogens with one attached hydrogen (secondary N) is 11. The summed E-state index contributed by atoms with van der Waals surface area (Å²) >= 11 is 0. The number of rotatable bonds is 43. The van der Waals surface area contributed by atoms with E-state index in [-0.39, 0.29) is 148 Å². The van der Waals surface area contributed by atoms with E-state index in [0.717, 1.165) is 0 Å². The molecule has 0 aliphatic heterocycles. The largest absolute Gasteiger partial charge is 0.481 e. The van der Waals surface area contributed by atoms with Crippen LogP contribution in [0.25, 0.3) is 0 Å². The third-order valence-electron chi connectivity index (χ3n) is 10.2. The molecule has 72 heavy (non-hydrogen) atoms. The van der Waals surface area contributed by atoms with Crippen LogP contribution in [0, 0.1) is 5.92 Å². The molecule has 0 aromatic carbocycles. The first kappa shape index (κ1) is 65.2. The van der Waals surface area contributed by atoms with Gasteiger partial charge >= 0.3 is 5.97 Å². The summed E-state index contributed by atoms with van der Waals surface area (Å²) in [6, 6.07) is -0.728. The van der Waals surface area contributed by atoms with E-state index in [0.29, 0.717) is 51.6 Å². The Hall–Kier alpha value is -6.77. The molecule has 0 fully saturated rings. The Kier molecular flexibility index (Phi) is 38.0. The van der Waals surface area contributed by atoms with Crippen molar-refractivity contribution >= 4 is 76.7 Å². The van der Waals surface area contributed by atoms with Gasteiger partial charge in [-0.25, -0.2) is 0 Å². The summed E-state index contributed by atoms with van der Waals surface area (Å²) < 4.78 is 0. The third-order valence-corrected chi connectivity index (χ3v) is 10.2. The molecule has 0 heterocycles. The topological polar surface area (TPSA) is 427 Å². The minimum absolute atomic E-state index is 0.00726. The van der Waals surface area contributed by atoms with E-state index in [9.17, 15) is 62.3 Å². The van der Waals surface area contributed by atoms with Gasteiger partial charge in [0.15, 0.2) is 0 Å². The van der Waals surface area contributed by atoms with Gasteiger partial charge in [-0.3, -0.25) is 62.3 Å². The molecular weight excluding hydrogens is 947 g/mol. The van der Waals surface area contributed by atoms with Crippen molar-refractivity contribution in [1.82, 2.24) is 58.5 Å². The van der Waals surface area contributed by atoms with Crippen LogP contribution >= 0.6 is 0 Å². The van der Waals surface area contributed by atoms with Gasteiger partial charge in [0.05, 0.1) is 6.42 Å². The van der Waals surface area contributed by atoms with E-state index in [1.54, 1.807) is 0 Å². The summed E-state index contributed by atoms with van der Waals surface area (Å²) in [6.45, 7) is 2.32. The average Bonchev–Trinajstić information content (AvgIpc) is 3.30. The molecule has 0 aromatic heterocycles. The first-order chi connectivity index (χ1) is 34.4. The molecule has 2 unspecified atom stereocenters. The molecule has 27 nitrogen and oxygen atoms in total. The predicted molar refractivity (Wildman–Crippen MR) is 260 cm³/mol. The Morgan fingerprint density at radius 3 is 0.986 bits per heavy atom. The second kappa shape index (κ2) is 42.0. The molecule has 0 aromatic rings. The van der Waals surface area contributed by atoms with Gasteiger partial charge in [0.2, 0.25) is 65.0 Å².